The second-order valence-corrected chi connectivity index (χ2v) is 15.2. The van der Waals surface area contributed by atoms with Crippen molar-refractivity contribution in [1.82, 2.24) is 4.90 Å². The molecule has 3 aliphatic heterocycles. The third-order valence-electron chi connectivity index (χ3n) is 10.9. The average Bonchev–Trinajstić information content (AvgIpc) is 3.84. The van der Waals surface area contributed by atoms with E-state index in [1.54, 1.807) is 38.1 Å². The van der Waals surface area contributed by atoms with Crippen molar-refractivity contribution in [3.63, 3.8) is 0 Å². The molecule has 2 fully saturated rings. The van der Waals surface area contributed by atoms with Crippen LogP contribution in [-0.4, -0.2) is 104 Å². The van der Waals surface area contributed by atoms with E-state index >= 15 is 0 Å². The quantitative estimate of drug-likeness (QED) is 0.234. The number of ether oxygens (including phenoxy) is 5. The number of methoxy groups -OCH3 is 2. The van der Waals surface area contributed by atoms with Crippen molar-refractivity contribution in [2.75, 3.05) is 38.9 Å². The van der Waals surface area contributed by atoms with Gasteiger partial charge in [0.05, 0.1) is 37.3 Å². The largest absolute Gasteiger partial charge is 0.495 e. The molecule has 0 saturated carbocycles. The summed E-state index contributed by atoms with van der Waals surface area (Å²) < 4.78 is 43.9. The van der Waals surface area contributed by atoms with Crippen LogP contribution in [0.15, 0.2) is 54.1 Å². The van der Waals surface area contributed by atoms with Crippen molar-refractivity contribution in [1.29, 1.82) is 0 Å². The Bertz CT molecular complexity index is 1910. The molecule has 0 aliphatic carbocycles. The molecule has 5 rings (SSSR count). The van der Waals surface area contributed by atoms with E-state index in [-0.39, 0.29) is 35.5 Å². The number of nitrogens with two attached hydrogens (primary N) is 1. The number of aliphatic hydroxyl groups is 1. The highest BCUT2D eigenvalue weighted by molar-refractivity contribution is 6.35. The minimum absolute atomic E-state index is 0.0160. The van der Waals surface area contributed by atoms with Gasteiger partial charge < -0.3 is 44.3 Å². The maximum absolute atomic E-state index is 14.6. The molecule has 4 bridgehead atoms. The molecule has 8 atom stereocenters. The van der Waals surface area contributed by atoms with Crippen LogP contribution in [0, 0.1) is 11.7 Å². The van der Waals surface area contributed by atoms with Gasteiger partial charge in [0.15, 0.2) is 0 Å². The number of epoxide rings is 1. The minimum Gasteiger partial charge on any atom is -0.495 e. The third-order valence-corrected chi connectivity index (χ3v) is 11.3. The number of esters is 2. The first-order valence-electron chi connectivity index (χ1n) is 18.0. The topological polar surface area (TPSA) is 170 Å². The van der Waals surface area contributed by atoms with Gasteiger partial charge in [-0.15, -0.1) is 0 Å². The predicted octanol–water partition coefficient (Wildman–Crippen LogP) is 4.80. The number of rotatable bonds is 6. The number of anilines is 2. The van der Waals surface area contributed by atoms with E-state index in [1.807, 2.05) is 13.0 Å². The third kappa shape index (κ3) is 8.67. The first-order chi connectivity index (χ1) is 25.8. The van der Waals surface area contributed by atoms with Crippen LogP contribution >= 0.6 is 11.6 Å². The summed E-state index contributed by atoms with van der Waals surface area (Å²) in [5.74, 6) is -3.84. The van der Waals surface area contributed by atoms with Crippen LogP contribution < -0.4 is 15.4 Å². The molecule has 13 nitrogen and oxygen atoms in total. The van der Waals surface area contributed by atoms with Crippen molar-refractivity contribution in [3.05, 3.63) is 76.1 Å². The Morgan fingerprint density at radius 1 is 1.20 bits per heavy atom. The molecule has 0 aromatic heterocycles. The molecule has 3 N–H and O–H groups in total. The Morgan fingerprint density at radius 3 is 2.58 bits per heavy atom. The second kappa shape index (κ2) is 16.3. The van der Waals surface area contributed by atoms with Gasteiger partial charge >= 0.3 is 11.9 Å². The monoisotopic (exact) mass is 785 g/mol. The fourth-order valence-corrected chi connectivity index (χ4v) is 7.64. The molecule has 2 amide bonds. The lowest BCUT2D eigenvalue weighted by Gasteiger charge is -2.41. The molecule has 55 heavy (non-hydrogen) atoms. The molecule has 2 aromatic carbocycles. The first-order valence-corrected chi connectivity index (χ1v) is 18.3. The maximum Gasteiger partial charge on any atom is 0.328 e. The molecule has 2 saturated heterocycles. The standard InChI is InChI=1S/C40H49ClFN3O10/c1-21-10-9-11-31(52-8)40(50)19-30(53-34(47)20-40)22(2)36-39(4,55-36)32(18-33(46)45(6)28-15-24(14-21)16-29(51-7)35(28)41)54-38(49)23(3)44(5)37(48)26-17-25(43)12-13-27(26)42/h9-13,15-17,22-23,30-32,36,50H,14,18-20,43H2,1-8H3/b11-9+,21-10+/t22-,23+,30+,31-,32+,36+,39+,40-/m1/s1. The lowest BCUT2D eigenvalue weighted by atomic mass is 9.78. The molecule has 2 aromatic rings. The summed E-state index contributed by atoms with van der Waals surface area (Å²) in [5, 5.41) is 12.0. The molecule has 3 aliphatic rings. The normalized spacial score (nSPS) is 30.6. The van der Waals surface area contributed by atoms with Gasteiger partial charge in [-0.3, -0.25) is 14.4 Å². The first kappa shape index (κ1) is 41.7. The van der Waals surface area contributed by atoms with Gasteiger partial charge in [-0.25, -0.2) is 9.18 Å². The Balaban J connectivity index is 1.53. The number of allylic oxidation sites excluding steroid dienone is 3. The van der Waals surface area contributed by atoms with E-state index in [4.69, 9.17) is 41.0 Å². The second-order valence-electron chi connectivity index (χ2n) is 14.9. The predicted molar refractivity (Wildman–Crippen MR) is 202 cm³/mol. The van der Waals surface area contributed by atoms with Crippen LogP contribution in [-0.2, 0) is 39.8 Å². The van der Waals surface area contributed by atoms with E-state index in [9.17, 15) is 28.7 Å². The zero-order valence-electron chi connectivity index (χ0n) is 32.3. The molecule has 0 radical (unpaired) electrons. The number of hydrogen-bond acceptors (Lipinski definition) is 11. The Hall–Kier alpha value is -4.50. The van der Waals surface area contributed by atoms with Crippen molar-refractivity contribution < 1.29 is 52.4 Å². The van der Waals surface area contributed by atoms with Gasteiger partial charge in [0, 0.05) is 39.2 Å². The fourth-order valence-electron chi connectivity index (χ4n) is 7.33. The van der Waals surface area contributed by atoms with E-state index in [0.29, 0.717) is 17.9 Å². The molecule has 0 spiro atoms. The Morgan fingerprint density at radius 2 is 1.91 bits per heavy atom. The number of carbonyl (C=O) groups is 4. The summed E-state index contributed by atoms with van der Waals surface area (Å²) in [6.07, 6.45) is 1.44. The minimum atomic E-state index is -1.62. The number of fused-ring (bicyclic) bond motifs is 5. The number of benzene rings is 2. The van der Waals surface area contributed by atoms with Crippen LogP contribution in [0.3, 0.4) is 0 Å². The zero-order valence-corrected chi connectivity index (χ0v) is 33.0. The van der Waals surface area contributed by atoms with Crippen molar-refractivity contribution in [2.24, 2.45) is 5.92 Å². The number of likely N-dealkylation sites (N-methyl/N-ethyl adjacent to an activating group) is 1. The van der Waals surface area contributed by atoms with Crippen LogP contribution in [0.2, 0.25) is 5.02 Å². The summed E-state index contributed by atoms with van der Waals surface area (Å²) in [4.78, 5) is 56.6. The summed E-state index contributed by atoms with van der Waals surface area (Å²) in [7, 11) is 5.78. The van der Waals surface area contributed by atoms with Gasteiger partial charge in [0.2, 0.25) is 5.91 Å². The maximum atomic E-state index is 14.6. The van der Waals surface area contributed by atoms with Gasteiger partial charge in [0.25, 0.3) is 5.91 Å². The summed E-state index contributed by atoms with van der Waals surface area (Å²) in [6.45, 7) is 6.78. The molecular weight excluding hydrogens is 737 g/mol. The average molecular weight is 786 g/mol. The molecule has 15 heteroatoms. The number of nitrogen functional groups attached to an aromatic ring is 1. The lowest BCUT2D eigenvalue weighted by molar-refractivity contribution is -0.187. The van der Waals surface area contributed by atoms with Crippen LogP contribution in [0.25, 0.3) is 0 Å². The number of amides is 2. The highest BCUT2D eigenvalue weighted by Crippen LogP contribution is 2.50. The van der Waals surface area contributed by atoms with Crippen molar-refractivity contribution in [2.45, 2.75) is 95.0 Å². The fraction of sp³-hybridized carbons (Fsp3) is 0.500. The van der Waals surface area contributed by atoms with E-state index in [1.165, 1.54) is 52.3 Å². The smallest absolute Gasteiger partial charge is 0.328 e. The van der Waals surface area contributed by atoms with E-state index in [2.05, 4.69) is 0 Å². The van der Waals surface area contributed by atoms with Crippen LogP contribution in [0.1, 0.15) is 62.9 Å². The number of halogens is 2. The van der Waals surface area contributed by atoms with Gasteiger partial charge in [-0.1, -0.05) is 42.3 Å². The van der Waals surface area contributed by atoms with Crippen molar-refractivity contribution in [3.8, 4) is 5.75 Å². The van der Waals surface area contributed by atoms with E-state index in [0.717, 1.165) is 22.1 Å². The molecular formula is C40H49ClFN3O10. The highest BCUT2D eigenvalue weighted by Gasteiger charge is 2.64. The van der Waals surface area contributed by atoms with Gasteiger partial charge in [-0.05, 0) is 63.1 Å². The molecule has 298 valence electrons. The Kier molecular flexibility index (Phi) is 12.4. The molecule has 0 unspecified atom stereocenters. The van der Waals surface area contributed by atoms with E-state index < -0.39 is 77.1 Å². The Labute approximate surface area is 325 Å². The lowest BCUT2D eigenvalue weighted by Crippen LogP contribution is -2.53. The summed E-state index contributed by atoms with van der Waals surface area (Å²) in [6, 6.07) is 5.85. The van der Waals surface area contributed by atoms with Gasteiger partial charge in [0.1, 0.15) is 52.1 Å². The number of carbonyl (C=O) groups excluding carboxylic acids is 4. The van der Waals surface area contributed by atoms with Crippen LogP contribution in [0.5, 0.6) is 5.75 Å². The SMILES string of the molecule is COc1cc2cc(c1Cl)N(C)C(=O)C[C@H](OC(=O)[C@H](C)N(C)C(=O)c1cc(N)ccc1F)[C@]1(C)O[C@H]1[C@H](C)[C@@H]1C[C@@](O)(CC(=O)O1)[C@H](OC)/C=C/C=C(\C)C2. The summed E-state index contributed by atoms with van der Waals surface area (Å²) in [5.41, 5.74) is 4.77. The van der Waals surface area contributed by atoms with Crippen LogP contribution in [0.4, 0.5) is 15.8 Å². The number of hydrogen-bond donors (Lipinski definition) is 2. The van der Waals surface area contributed by atoms with Crippen molar-refractivity contribution >= 4 is 46.7 Å². The number of nitrogens with zero attached hydrogens (tertiary/aromatic N) is 2. The zero-order chi connectivity index (χ0) is 40.6. The summed E-state index contributed by atoms with van der Waals surface area (Å²) >= 11 is 6.75. The molecule has 3 heterocycles. The highest BCUT2D eigenvalue weighted by atomic mass is 35.5. The van der Waals surface area contributed by atoms with Gasteiger partial charge in [-0.2, -0.15) is 0 Å².